The van der Waals surface area contributed by atoms with Gasteiger partial charge in [0.05, 0.1) is 6.54 Å². The van der Waals surface area contributed by atoms with Gasteiger partial charge >= 0.3 is 0 Å². The number of hydrogen-bond donors (Lipinski definition) is 0. The predicted octanol–water partition coefficient (Wildman–Crippen LogP) is 2.23. The molecule has 0 spiro atoms. The first kappa shape index (κ1) is 12.6. The Kier molecular flexibility index (Phi) is 3.55. The van der Waals surface area contributed by atoms with Gasteiger partial charge in [0, 0.05) is 25.0 Å². The van der Waals surface area contributed by atoms with E-state index in [1.54, 1.807) is 0 Å². The first-order valence-electron chi connectivity index (χ1n) is 6.25. The average molecular weight is 230 g/mol. The Bertz CT molecular complexity index is 382. The lowest BCUT2D eigenvalue weighted by atomic mass is 9.78. The molecule has 2 rings (SSSR count). The molecule has 92 valence electrons. The minimum absolute atomic E-state index is 0.216. The minimum atomic E-state index is 0.216. The van der Waals surface area contributed by atoms with E-state index in [0.717, 1.165) is 19.6 Å². The van der Waals surface area contributed by atoms with Crippen molar-refractivity contribution >= 4 is 0 Å². The summed E-state index contributed by atoms with van der Waals surface area (Å²) in [6.45, 7) is 11.3. The van der Waals surface area contributed by atoms with E-state index in [0.29, 0.717) is 0 Å². The number of fused-ring (bicyclic) bond motifs is 1. The number of likely N-dealkylation sites (N-methyl/N-ethyl adjacent to an activating group) is 1. The van der Waals surface area contributed by atoms with Crippen LogP contribution in [0.5, 0.6) is 0 Å². The van der Waals surface area contributed by atoms with Crippen molar-refractivity contribution in [3.63, 3.8) is 0 Å². The molecule has 2 radical (unpaired) electrons. The zero-order chi connectivity index (χ0) is 12.5. The molecule has 0 saturated carbocycles. The van der Waals surface area contributed by atoms with E-state index < -0.39 is 0 Å². The molecule has 2 nitrogen and oxygen atoms in total. The van der Waals surface area contributed by atoms with Crippen LogP contribution < -0.4 is 0 Å². The van der Waals surface area contributed by atoms with Crippen molar-refractivity contribution in [1.82, 2.24) is 9.80 Å². The summed E-state index contributed by atoms with van der Waals surface area (Å²) in [7, 11) is 4.23. The molecule has 0 aromatic heterocycles. The van der Waals surface area contributed by atoms with Crippen LogP contribution in [0.2, 0.25) is 0 Å². The van der Waals surface area contributed by atoms with Crippen LogP contribution in [-0.2, 0) is 5.41 Å². The summed E-state index contributed by atoms with van der Waals surface area (Å²) in [4.78, 5) is 4.54. The van der Waals surface area contributed by atoms with Crippen LogP contribution in [0.15, 0.2) is 24.3 Å². The van der Waals surface area contributed by atoms with Crippen molar-refractivity contribution in [1.29, 1.82) is 0 Å². The Labute approximate surface area is 105 Å². The van der Waals surface area contributed by atoms with Crippen molar-refractivity contribution in [2.45, 2.75) is 19.3 Å². The monoisotopic (exact) mass is 230 g/mol. The maximum Gasteiger partial charge on any atom is 0.0966 e. The minimum Gasteiger partial charge on any atom is -0.308 e. The third kappa shape index (κ3) is 2.88. The molecule has 1 aromatic carbocycles. The summed E-state index contributed by atoms with van der Waals surface area (Å²) >= 11 is 0. The van der Waals surface area contributed by atoms with E-state index in [2.05, 4.69) is 68.6 Å². The lowest BCUT2D eigenvalue weighted by molar-refractivity contribution is 0.232. The summed E-state index contributed by atoms with van der Waals surface area (Å²) < 4.78 is 0. The average Bonchev–Trinajstić information content (AvgIpc) is 2.25. The van der Waals surface area contributed by atoms with Crippen molar-refractivity contribution in [3.05, 3.63) is 41.9 Å². The van der Waals surface area contributed by atoms with Gasteiger partial charge < -0.3 is 4.90 Å². The molecule has 0 atom stereocenters. The topological polar surface area (TPSA) is 6.48 Å². The van der Waals surface area contributed by atoms with Gasteiger partial charge in [-0.1, -0.05) is 38.1 Å². The van der Waals surface area contributed by atoms with Crippen LogP contribution in [0.25, 0.3) is 0 Å². The molecule has 1 aliphatic heterocycles. The Balaban J connectivity index is 2.14. The highest BCUT2D eigenvalue weighted by atomic mass is 15.2. The van der Waals surface area contributed by atoms with Crippen LogP contribution in [0, 0.1) is 6.54 Å². The second-order valence-electron chi connectivity index (χ2n) is 5.77. The third-order valence-electron chi connectivity index (χ3n) is 3.34. The molecule has 0 N–H and O–H groups in total. The maximum atomic E-state index is 3.51. The van der Waals surface area contributed by atoms with Crippen molar-refractivity contribution in [3.8, 4) is 0 Å². The fourth-order valence-electron chi connectivity index (χ4n) is 2.40. The summed E-state index contributed by atoms with van der Waals surface area (Å²) in [6, 6.07) is 8.61. The molecule has 1 aliphatic rings. The summed E-state index contributed by atoms with van der Waals surface area (Å²) in [5.41, 5.74) is 2.89. The van der Waals surface area contributed by atoms with Gasteiger partial charge in [-0.2, -0.15) is 0 Å². The quantitative estimate of drug-likeness (QED) is 0.785. The molecule has 0 saturated heterocycles. The van der Waals surface area contributed by atoms with Crippen LogP contribution in [0.1, 0.15) is 25.0 Å². The van der Waals surface area contributed by atoms with E-state index in [9.17, 15) is 0 Å². The van der Waals surface area contributed by atoms with Gasteiger partial charge in [-0.05, 0) is 25.2 Å². The summed E-state index contributed by atoms with van der Waals surface area (Å²) in [5, 5.41) is 0. The zero-order valence-electron chi connectivity index (χ0n) is 11.3. The highest BCUT2D eigenvalue weighted by Gasteiger charge is 2.31. The van der Waals surface area contributed by atoms with Gasteiger partial charge in [-0.15, -0.1) is 0 Å². The Morgan fingerprint density at radius 1 is 1.29 bits per heavy atom. The van der Waals surface area contributed by atoms with Crippen LogP contribution in [-0.4, -0.2) is 43.5 Å². The molecule has 2 heteroatoms. The zero-order valence-corrected chi connectivity index (χ0v) is 11.3. The molecule has 1 aromatic rings. The Morgan fingerprint density at radius 3 is 2.71 bits per heavy atom. The normalized spacial score (nSPS) is 19.4. The Morgan fingerprint density at radius 2 is 2.00 bits per heavy atom. The number of benzene rings is 1. The van der Waals surface area contributed by atoms with Gasteiger partial charge in [-0.25, -0.2) is 0 Å². The molecule has 17 heavy (non-hydrogen) atoms. The van der Waals surface area contributed by atoms with E-state index in [-0.39, 0.29) is 5.41 Å². The van der Waals surface area contributed by atoms with Crippen molar-refractivity contribution < 1.29 is 0 Å². The van der Waals surface area contributed by atoms with Gasteiger partial charge in [-0.3, -0.25) is 4.90 Å². The van der Waals surface area contributed by atoms with E-state index in [1.165, 1.54) is 11.1 Å². The molecule has 0 aliphatic carbocycles. The standard InChI is InChI=1S/C15H22N2/c1-15(2)12-17(10-9-16(3)4)11-13-7-5-6-8-14(13)15/h5-8H,9-10,12H2,1-4H3. The first-order valence-corrected chi connectivity index (χ1v) is 6.25. The van der Waals surface area contributed by atoms with Crippen molar-refractivity contribution in [2.75, 3.05) is 33.7 Å². The summed E-state index contributed by atoms with van der Waals surface area (Å²) in [6.07, 6.45) is 0. The number of rotatable bonds is 3. The van der Waals surface area contributed by atoms with Gasteiger partial charge in [0.1, 0.15) is 0 Å². The maximum absolute atomic E-state index is 3.51. The van der Waals surface area contributed by atoms with Gasteiger partial charge in [0.2, 0.25) is 0 Å². The largest absolute Gasteiger partial charge is 0.308 e. The first-order chi connectivity index (χ1) is 7.99. The SMILES string of the molecule is CN(C)CCN1[C]c2ccccc2C(C)(C)C1. The van der Waals surface area contributed by atoms with Gasteiger partial charge in [0.25, 0.3) is 0 Å². The molecule has 0 fully saturated rings. The molecule has 0 bridgehead atoms. The van der Waals surface area contributed by atoms with Crippen LogP contribution >= 0.6 is 0 Å². The fourth-order valence-corrected chi connectivity index (χ4v) is 2.40. The molecular formula is C15H22N2. The fraction of sp³-hybridized carbons (Fsp3) is 0.533. The lowest BCUT2D eigenvalue weighted by Gasteiger charge is -2.39. The van der Waals surface area contributed by atoms with Crippen molar-refractivity contribution in [2.24, 2.45) is 0 Å². The van der Waals surface area contributed by atoms with E-state index in [4.69, 9.17) is 0 Å². The second-order valence-corrected chi connectivity index (χ2v) is 5.77. The van der Waals surface area contributed by atoms with Gasteiger partial charge in [0.15, 0.2) is 0 Å². The van der Waals surface area contributed by atoms with Crippen LogP contribution in [0.3, 0.4) is 0 Å². The predicted molar refractivity (Wildman–Crippen MR) is 71.9 cm³/mol. The smallest absolute Gasteiger partial charge is 0.0966 e. The highest BCUT2D eigenvalue weighted by molar-refractivity contribution is 5.40. The van der Waals surface area contributed by atoms with Crippen LogP contribution in [0.4, 0.5) is 0 Å². The van der Waals surface area contributed by atoms with E-state index >= 15 is 0 Å². The number of hydrogen-bond acceptors (Lipinski definition) is 2. The molecular weight excluding hydrogens is 208 g/mol. The highest BCUT2D eigenvalue weighted by Crippen LogP contribution is 2.33. The third-order valence-corrected chi connectivity index (χ3v) is 3.34. The molecule has 0 amide bonds. The molecule has 1 heterocycles. The molecule has 0 unspecified atom stereocenters. The summed E-state index contributed by atoms with van der Waals surface area (Å²) in [5.74, 6) is 0. The number of nitrogens with zero attached hydrogens (tertiary/aromatic N) is 2. The van der Waals surface area contributed by atoms with E-state index in [1.807, 2.05) is 0 Å². The second kappa shape index (κ2) is 4.79. The lowest BCUT2D eigenvalue weighted by Crippen LogP contribution is -2.43. The Hall–Kier alpha value is -0.860.